The topological polar surface area (TPSA) is 124 Å². The fourth-order valence-electron chi connectivity index (χ4n) is 2.90. The summed E-state index contributed by atoms with van der Waals surface area (Å²) in [4.78, 5) is 31.9. The molecular weight excluding hydrogens is 340 g/mol. The molecule has 8 heteroatoms. The zero-order valence-electron chi connectivity index (χ0n) is 15.0. The number of aliphatic carboxylic acids is 1. The molecule has 1 N–H and O–H groups in total. The molecule has 1 unspecified atom stereocenters. The van der Waals surface area contributed by atoms with Crippen molar-refractivity contribution in [2.75, 3.05) is 0 Å². The second-order valence-electron chi connectivity index (χ2n) is 6.24. The number of nitro groups is 2. The summed E-state index contributed by atoms with van der Waals surface area (Å²) in [6, 6.07) is 2.32. The number of hydrogen-bond donors (Lipinski definition) is 1. The smallest absolute Gasteiger partial charge is 0.327 e. The second-order valence-corrected chi connectivity index (χ2v) is 6.24. The number of carbonyl (C=O) groups is 1. The summed E-state index contributed by atoms with van der Waals surface area (Å²) in [6.07, 6.45) is 7.17. The first-order valence-electron chi connectivity index (χ1n) is 8.63. The predicted molar refractivity (Wildman–Crippen MR) is 97.4 cm³/mol. The van der Waals surface area contributed by atoms with E-state index < -0.39 is 15.8 Å². The summed E-state index contributed by atoms with van der Waals surface area (Å²) in [6.45, 7) is 3.99. The van der Waals surface area contributed by atoms with Crippen molar-refractivity contribution in [3.8, 4) is 0 Å². The number of rotatable bonds is 11. The highest BCUT2D eigenvalue weighted by Gasteiger charge is 2.25. The number of carboxylic acids is 1. The van der Waals surface area contributed by atoms with Crippen LogP contribution < -0.4 is 0 Å². The third-order valence-corrected chi connectivity index (χ3v) is 4.26. The maximum atomic E-state index is 11.4. The minimum absolute atomic E-state index is 0.0369. The SMILES string of the molecule is CCCCCCC(C)c1cc([N+](=O)[O-])cc([N+](=O)[O-])c1CC=CC(=O)O. The lowest BCUT2D eigenvalue weighted by Gasteiger charge is -2.16. The van der Waals surface area contributed by atoms with Gasteiger partial charge in [-0.1, -0.05) is 45.6 Å². The van der Waals surface area contributed by atoms with Gasteiger partial charge in [-0.15, -0.1) is 0 Å². The van der Waals surface area contributed by atoms with Gasteiger partial charge >= 0.3 is 5.97 Å². The number of hydrogen-bond acceptors (Lipinski definition) is 5. The molecule has 0 fully saturated rings. The molecule has 0 aliphatic carbocycles. The monoisotopic (exact) mass is 364 g/mol. The van der Waals surface area contributed by atoms with Gasteiger partial charge in [-0.2, -0.15) is 0 Å². The molecule has 0 aliphatic rings. The fraction of sp³-hybridized carbons (Fsp3) is 0.500. The summed E-state index contributed by atoms with van der Waals surface area (Å²) in [5, 5.41) is 31.3. The highest BCUT2D eigenvalue weighted by atomic mass is 16.6. The van der Waals surface area contributed by atoms with E-state index in [1.54, 1.807) is 0 Å². The van der Waals surface area contributed by atoms with Gasteiger partial charge < -0.3 is 5.11 Å². The summed E-state index contributed by atoms with van der Waals surface area (Å²) >= 11 is 0. The summed E-state index contributed by atoms with van der Waals surface area (Å²) in [5.41, 5.74) is 0.209. The molecule has 1 rings (SSSR count). The number of carboxylic acid groups (broad SMARTS) is 1. The molecule has 1 aromatic rings. The number of non-ortho nitro benzene ring substituents is 1. The Kier molecular flexibility index (Phi) is 8.41. The Morgan fingerprint density at radius 1 is 1.19 bits per heavy atom. The number of nitro benzene ring substituents is 2. The van der Waals surface area contributed by atoms with Crippen molar-refractivity contribution < 1.29 is 19.7 Å². The quantitative estimate of drug-likeness (QED) is 0.261. The molecule has 26 heavy (non-hydrogen) atoms. The van der Waals surface area contributed by atoms with Gasteiger partial charge in [-0.25, -0.2) is 4.79 Å². The molecule has 0 radical (unpaired) electrons. The third kappa shape index (κ3) is 6.27. The number of benzene rings is 1. The van der Waals surface area contributed by atoms with Crippen molar-refractivity contribution in [3.05, 3.63) is 55.6 Å². The zero-order chi connectivity index (χ0) is 19.7. The molecule has 0 aromatic heterocycles. The Bertz CT molecular complexity index is 699. The Morgan fingerprint density at radius 2 is 1.88 bits per heavy atom. The van der Waals surface area contributed by atoms with Crippen molar-refractivity contribution >= 4 is 17.3 Å². The van der Waals surface area contributed by atoms with Gasteiger partial charge in [0.05, 0.1) is 15.9 Å². The molecule has 0 bridgehead atoms. The molecule has 0 saturated carbocycles. The van der Waals surface area contributed by atoms with E-state index in [1.165, 1.54) is 12.1 Å². The summed E-state index contributed by atoms with van der Waals surface area (Å²) in [5.74, 6) is -1.25. The van der Waals surface area contributed by atoms with E-state index >= 15 is 0 Å². The predicted octanol–water partition coefficient (Wildman–Crippen LogP) is 4.76. The van der Waals surface area contributed by atoms with Crippen LogP contribution in [-0.2, 0) is 11.2 Å². The van der Waals surface area contributed by atoms with Gasteiger partial charge in [0.15, 0.2) is 0 Å². The van der Waals surface area contributed by atoms with Crippen molar-refractivity contribution in [2.45, 2.75) is 58.3 Å². The second kappa shape index (κ2) is 10.3. The van der Waals surface area contributed by atoms with E-state index in [0.29, 0.717) is 11.1 Å². The van der Waals surface area contributed by atoms with Crippen LogP contribution in [0.4, 0.5) is 11.4 Å². The van der Waals surface area contributed by atoms with E-state index in [9.17, 15) is 25.0 Å². The first kappa shape index (κ1) is 21.3. The molecule has 0 heterocycles. The molecule has 8 nitrogen and oxygen atoms in total. The van der Waals surface area contributed by atoms with Crippen LogP contribution in [0.15, 0.2) is 24.3 Å². The van der Waals surface area contributed by atoms with Crippen LogP contribution in [0.1, 0.15) is 63.0 Å². The van der Waals surface area contributed by atoms with Gasteiger partial charge in [0.2, 0.25) is 0 Å². The van der Waals surface area contributed by atoms with Crippen LogP contribution in [0, 0.1) is 20.2 Å². The lowest BCUT2D eigenvalue weighted by Crippen LogP contribution is -2.06. The van der Waals surface area contributed by atoms with E-state index in [-0.39, 0.29) is 23.7 Å². The van der Waals surface area contributed by atoms with Crippen LogP contribution in [-0.4, -0.2) is 20.9 Å². The molecule has 0 aliphatic heterocycles. The number of nitrogens with zero attached hydrogens (tertiary/aromatic N) is 2. The molecule has 0 saturated heterocycles. The minimum atomic E-state index is -1.15. The molecule has 142 valence electrons. The third-order valence-electron chi connectivity index (χ3n) is 4.26. The average Bonchev–Trinajstić information content (AvgIpc) is 2.57. The maximum absolute atomic E-state index is 11.4. The molecule has 0 spiro atoms. The van der Waals surface area contributed by atoms with Crippen LogP contribution in [0.5, 0.6) is 0 Å². The van der Waals surface area contributed by atoms with E-state index in [4.69, 9.17) is 5.11 Å². The highest BCUT2D eigenvalue weighted by Crippen LogP contribution is 2.35. The molecule has 1 aromatic carbocycles. The van der Waals surface area contributed by atoms with E-state index in [1.807, 2.05) is 6.92 Å². The van der Waals surface area contributed by atoms with Gasteiger partial charge in [0, 0.05) is 17.7 Å². The van der Waals surface area contributed by atoms with Crippen molar-refractivity contribution in [3.63, 3.8) is 0 Å². The van der Waals surface area contributed by atoms with Gasteiger partial charge in [0.25, 0.3) is 11.4 Å². The maximum Gasteiger partial charge on any atom is 0.327 e. The first-order chi connectivity index (χ1) is 12.3. The van der Waals surface area contributed by atoms with Crippen LogP contribution in [0.3, 0.4) is 0 Å². The van der Waals surface area contributed by atoms with Crippen molar-refractivity contribution in [1.29, 1.82) is 0 Å². The number of allylic oxidation sites excluding steroid dienone is 1. The number of unbranched alkanes of at least 4 members (excludes halogenated alkanes) is 3. The van der Waals surface area contributed by atoms with Gasteiger partial charge in [0.1, 0.15) is 0 Å². The minimum Gasteiger partial charge on any atom is -0.478 e. The normalized spacial score (nSPS) is 12.2. The summed E-state index contributed by atoms with van der Waals surface area (Å²) < 4.78 is 0. The molecular formula is C18H24N2O6. The van der Waals surface area contributed by atoms with Gasteiger partial charge in [-0.05, 0) is 24.3 Å². The van der Waals surface area contributed by atoms with Crippen LogP contribution in [0.25, 0.3) is 0 Å². The average molecular weight is 364 g/mol. The standard InChI is InChI=1S/C18H24N2O6/c1-3-4-5-6-8-13(2)16-11-14(19(23)24)12-17(20(25)26)15(16)9-7-10-18(21)22/h7,10-13H,3-6,8-9H2,1-2H3,(H,21,22). The van der Waals surface area contributed by atoms with Crippen molar-refractivity contribution in [1.82, 2.24) is 0 Å². The van der Waals surface area contributed by atoms with Crippen LogP contribution in [0.2, 0.25) is 0 Å². The Morgan fingerprint density at radius 3 is 2.42 bits per heavy atom. The highest BCUT2D eigenvalue weighted by molar-refractivity contribution is 5.79. The van der Waals surface area contributed by atoms with Gasteiger partial charge in [-0.3, -0.25) is 20.2 Å². The fourth-order valence-corrected chi connectivity index (χ4v) is 2.90. The lowest BCUT2D eigenvalue weighted by atomic mass is 9.88. The van der Waals surface area contributed by atoms with Crippen molar-refractivity contribution in [2.24, 2.45) is 0 Å². The Hall–Kier alpha value is -2.77. The lowest BCUT2D eigenvalue weighted by molar-refractivity contribution is -0.394. The molecule has 1 atom stereocenters. The van der Waals surface area contributed by atoms with E-state index in [0.717, 1.165) is 44.2 Å². The Balaban J connectivity index is 3.29. The van der Waals surface area contributed by atoms with E-state index in [2.05, 4.69) is 6.92 Å². The van der Waals surface area contributed by atoms with Crippen LogP contribution >= 0.6 is 0 Å². The molecule has 0 amide bonds. The summed E-state index contributed by atoms with van der Waals surface area (Å²) in [7, 11) is 0. The Labute approximate surface area is 151 Å². The first-order valence-corrected chi connectivity index (χ1v) is 8.63. The largest absolute Gasteiger partial charge is 0.478 e. The zero-order valence-corrected chi connectivity index (χ0v) is 15.0.